The van der Waals surface area contributed by atoms with Crippen LogP contribution in [0.25, 0.3) is 11.3 Å². The molecule has 0 amide bonds. The van der Waals surface area contributed by atoms with Gasteiger partial charge in [0.05, 0.1) is 5.69 Å². The Kier molecular flexibility index (Phi) is 2.46. The maximum atomic E-state index is 4.51. The van der Waals surface area contributed by atoms with E-state index >= 15 is 0 Å². The molecule has 1 N–H and O–H groups in total. The van der Waals surface area contributed by atoms with Crippen LogP contribution in [0.15, 0.2) is 30.3 Å². The number of hydrogen-bond donors (Lipinski definition) is 1. The van der Waals surface area contributed by atoms with Gasteiger partial charge in [-0.05, 0) is 6.92 Å². The van der Waals surface area contributed by atoms with Gasteiger partial charge in [-0.2, -0.15) is 5.10 Å². The van der Waals surface area contributed by atoms with Crippen molar-refractivity contribution >= 4 is 5.82 Å². The van der Waals surface area contributed by atoms with Crippen LogP contribution < -0.4 is 5.32 Å². The van der Waals surface area contributed by atoms with E-state index in [-0.39, 0.29) is 0 Å². The first-order chi connectivity index (χ1) is 7.24. The molecule has 1 aromatic heterocycles. The van der Waals surface area contributed by atoms with Gasteiger partial charge in [-0.1, -0.05) is 30.3 Å². The van der Waals surface area contributed by atoms with Crippen LogP contribution in [0.1, 0.15) is 5.56 Å². The molecule has 78 valence electrons. The molecule has 0 unspecified atom stereocenters. The molecular weight excluding hydrogens is 186 g/mol. The fourth-order valence-electron chi connectivity index (χ4n) is 1.85. The van der Waals surface area contributed by atoms with Crippen molar-refractivity contribution < 1.29 is 0 Å². The Hall–Kier alpha value is -1.77. The Labute approximate surface area is 89.7 Å². The number of anilines is 1. The molecule has 2 rings (SSSR count). The molecule has 1 aromatic carbocycles. The molecular formula is C12H15N3. The molecule has 0 bridgehead atoms. The van der Waals surface area contributed by atoms with Gasteiger partial charge in [0.2, 0.25) is 0 Å². The molecule has 0 fully saturated rings. The van der Waals surface area contributed by atoms with E-state index in [9.17, 15) is 0 Å². The quantitative estimate of drug-likeness (QED) is 0.808. The average Bonchev–Trinajstić information content (AvgIpc) is 2.55. The average molecular weight is 201 g/mol. The number of hydrogen-bond acceptors (Lipinski definition) is 2. The Morgan fingerprint density at radius 1 is 1.20 bits per heavy atom. The first-order valence-electron chi connectivity index (χ1n) is 5.01. The van der Waals surface area contributed by atoms with Crippen molar-refractivity contribution in [3.8, 4) is 11.3 Å². The second kappa shape index (κ2) is 3.77. The molecule has 0 spiro atoms. The maximum Gasteiger partial charge on any atom is 0.127 e. The summed E-state index contributed by atoms with van der Waals surface area (Å²) in [6.07, 6.45) is 0. The predicted molar refractivity (Wildman–Crippen MR) is 62.9 cm³/mol. The highest BCUT2D eigenvalue weighted by Gasteiger charge is 2.11. The zero-order valence-corrected chi connectivity index (χ0v) is 9.28. The highest BCUT2D eigenvalue weighted by Crippen LogP contribution is 2.26. The first-order valence-corrected chi connectivity index (χ1v) is 5.01. The van der Waals surface area contributed by atoms with Crippen molar-refractivity contribution in [1.82, 2.24) is 9.78 Å². The highest BCUT2D eigenvalue weighted by atomic mass is 15.3. The summed E-state index contributed by atoms with van der Waals surface area (Å²) in [6, 6.07) is 10.2. The van der Waals surface area contributed by atoms with Crippen LogP contribution in [-0.2, 0) is 7.05 Å². The molecule has 0 aliphatic rings. The lowest BCUT2D eigenvalue weighted by Gasteiger charge is -2.00. The highest BCUT2D eigenvalue weighted by molar-refractivity contribution is 5.68. The van der Waals surface area contributed by atoms with E-state index in [2.05, 4.69) is 29.5 Å². The molecule has 0 radical (unpaired) electrons. The molecule has 0 atom stereocenters. The lowest BCUT2D eigenvalue weighted by molar-refractivity contribution is 0.777. The number of rotatable bonds is 2. The Balaban J connectivity index is 2.55. The molecule has 3 heteroatoms. The van der Waals surface area contributed by atoms with Gasteiger partial charge in [0.1, 0.15) is 5.82 Å². The monoisotopic (exact) mass is 201 g/mol. The predicted octanol–water partition coefficient (Wildman–Crippen LogP) is 2.44. The van der Waals surface area contributed by atoms with Gasteiger partial charge in [-0.25, -0.2) is 0 Å². The van der Waals surface area contributed by atoms with Crippen LogP contribution >= 0.6 is 0 Å². The largest absolute Gasteiger partial charge is 0.373 e. The summed E-state index contributed by atoms with van der Waals surface area (Å²) in [5, 5.41) is 7.66. The topological polar surface area (TPSA) is 29.9 Å². The Morgan fingerprint density at radius 2 is 1.87 bits per heavy atom. The third-order valence-corrected chi connectivity index (χ3v) is 2.57. The second-order valence-corrected chi connectivity index (χ2v) is 3.56. The minimum Gasteiger partial charge on any atom is -0.373 e. The smallest absolute Gasteiger partial charge is 0.127 e. The van der Waals surface area contributed by atoms with Crippen molar-refractivity contribution in [2.45, 2.75) is 6.92 Å². The fraction of sp³-hybridized carbons (Fsp3) is 0.250. The SMILES string of the molecule is CNc1c(C)c(-c2ccccc2)nn1C. The lowest BCUT2D eigenvalue weighted by Crippen LogP contribution is -1.98. The van der Waals surface area contributed by atoms with Gasteiger partial charge in [0.15, 0.2) is 0 Å². The Bertz CT molecular complexity index is 457. The number of aryl methyl sites for hydroxylation is 1. The van der Waals surface area contributed by atoms with Gasteiger partial charge < -0.3 is 5.32 Å². The number of nitrogens with one attached hydrogen (secondary N) is 1. The second-order valence-electron chi connectivity index (χ2n) is 3.56. The third-order valence-electron chi connectivity index (χ3n) is 2.57. The van der Waals surface area contributed by atoms with E-state index in [0.29, 0.717) is 0 Å². The maximum absolute atomic E-state index is 4.51. The van der Waals surface area contributed by atoms with E-state index in [4.69, 9.17) is 0 Å². The van der Waals surface area contributed by atoms with Crippen molar-refractivity contribution in [2.75, 3.05) is 12.4 Å². The van der Waals surface area contributed by atoms with Gasteiger partial charge in [-0.15, -0.1) is 0 Å². The number of aromatic nitrogens is 2. The van der Waals surface area contributed by atoms with Crippen molar-refractivity contribution in [3.05, 3.63) is 35.9 Å². The van der Waals surface area contributed by atoms with Crippen LogP contribution in [0.3, 0.4) is 0 Å². The van der Waals surface area contributed by atoms with E-state index in [1.54, 1.807) is 0 Å². The normalized spacial score (nSPS) is 10.3. The molecule has 1 heterocycles. The van der Waals surface area contributed by atoms with E-state index in [1.165, 1.54) is 5.56 Å². The Morgan fingerprint density at radius 3 is 2.40 bits per heavy atom. The molecule has 0 aliphatic carbocycles. The minimum absolute atomic E-state index is 1.04. The number of nitrogens with zero attached hydrogens (tertiary/aromatic N) is 2. The van der Waals surface area contributed by atoms with Crippen LogP contribution in [-0.4, -0.2) is 16.8 Å². The lowest BCUT2D eigenvalue weighted by atomic mass is 10.1. The minimum atomic E-state index is 1.04. The molecule has 0 saturated heterocycles. The summed E-state index contributed by atoms with van der Waals surface area (Å²) in [7, 11) is 3.87. The molecule has 2 aromatic rings. The van der Waals surface area contributed by atoms with E-state index in [0.717, 1.165) is 17.1 Å². The van der Waals surface area contributed by atoms with E-state index in [1.807, 2.05) is 37.0 Å². The van der Waals surface area contributed by atoms with Crippen LogP contribution in [0.5, 0.6) is 0 Å². The standard InChI is InChI=1S/C12H15N3/c1-9-11(10-7-5-4-6-8-10)14-15(3)12(9)13-2/h4-8,13H,1-3H3. The number of benzene rings is 1. The molecule has 0 saturated carbocycles. The molecule has 0 aliphatic heterocycles. The van der Waals surface area contributed by atoms with Crippen LogP contribution in [0.2, 0.25) is 0 Å². The summed E-state index contributed by atoms with van der Waals surface area (Å²) < 4.78 is 1.87. The summed E-state index contributed by atoms with van der Waals surface area (Å²) in [5.41, 5.74) is 3.39. The summed E-state index contributed by atoms with van der Waals surface area (Å²) in [4.78, 5) is 0. The third kappa shape index (κ3) is 1.61. The first kappa shape index (κ1) is 9.77. The van der Waals surface area contributed by atoms with Crippen LogP contribution in [0.4, 0.5) is 5.82 Å². The van der Waals surface area contributed by atoms with Gasteiger partial charge in [0.25, 0.3) is 0 Å². The zero-order valence-electron chi connectivity index (χ0n) is 9.28. The van der Waals surface area contributed by atoms with Crippen LogP contribution in [0, 0.1) is 6.92 Å². The molecule has 3 nitrogen and oxygen atoms in total. The van der Waals surface area contributed by atoms with Crippen molar-refractivity contribution in [3.63, 3.8) is 0 Å². The summed E-state index contributed by atoms with van der Waals surface area (Å²) in [6.45, 7) is 2.08. The van der Waals surface area contributed by atoms with E-state index < -0.39 is 0 Å². The van der Waals surface area contributed by atoms with Gasteiger partial charge >= 0.3 is 0 Å². The summed E-state index contributed by atoms with van der Waals surface area (Å²) >= 11 is 0. The molecule has 15 heavy (non-hydrogen) atoms. The van der Waals surface area contributed by atoms with Gasteiger partial charge in [-0.3, -0.25) is 4.68 Å². The van der Waals surface area contributed by atoms with Gasteiger partial charge in [0, 0.05) is 25.2 Å². The summed E-state index contributed by atoms with van der Waals surface area (Å²) in [5.74, 6) is 1.06. The fourth-order valence-corrected chi connectivity index (χ4v) is 1.85. The zero-order chi connectivity index (χ0) is 10.8. The van der Waals surface area contributed by atoms with Crippen molar-refractivity contribution in [1.29, 1.82) is 0 Å². The van der Waals surface area contributed by atoms with Crippen molar-refractivity contribution in [2.24, 2.45) is 7.05 Å².